The molecule has 1 N–H and O–H groups in total. The molecular formula is C13H28N2O3. The van der Waals surface area contributed by atoms with Gasteiger partial charge in [0, 0.05) is 52.4 Å². The van der Waals surface area contributed by atoms with Gasteiger partial charge in [0.05, 0.1) is 13.2 Å². The summed E-state index contributed by atoms with van der Waals surface area (Å²) in [5.74, 6) is 0. The molecule has 1 aliphatic rings. The van der Waals surface area contributed by atoms with Crippen LogP contribution >= 0.6 is 0 Å². The average Bonchev–Trinajstić information content (AvgIpc) is 2.40. The standard InChI is InChI=1S/C13H28N2O3/c1-3-17-13(18-4-2)5-6-14-7-8-15-9-11-16-12-10-15/h13-14H,3-12H2,1-2H3. The van der Waals surface area contributed by atoms with E-state index in [0.717, 1.165) is 52.4 Å². The highest BCUT2D eigenvalue weighted by molar-refractivity contribution is 4.63. The summed E-state index contributed by atoms with van der Waals surface area (Å²) >= 11 is 0. The minimum atomic E-state index is -0.0594. The van der Waals surface area contributed by atoms with E-state index in [-0.39, 0.29) is 6.29 Å². The van der Waals surface area contributed by atoms with Crippen molar-refractivity contribution < 1.29 is 14.2 Å². The maximum atomic E-state index is 5.49. The lowest BCUT2D eigenvalue weighted by molar-refractivity contribution is -0.138. The van der Waals surface area contributed by atoms with Crippen molar-refractivity contribution in [2.24, 2.45) is 0 Å². The van der Waals surface area contributed by atoms with E-state index in [9.17, 15) is 0 Å². The molecule has 18 heavy (non-hydrogen) atoms. The van der Waals surface area contributed by atoms with Gasteiger partial charge in [-0.05, 0) is 13.8 Å². The van der Waals surface area contributed by atoms with Gasteiger partial charge in [-0.25, -0.2) is 0 Å². The van der Waals surface area contributed by atoms with Crippen LogP contribution < -0.4 is 5.32 Å². The highest BCUT2D eigenvalue weighted by Gasteiger charge is 2.10. The lowest BCUT2D eigenvalue weighted by Gasteiger charge is -2.26. The predicted octanol–water partition coefficient (Wildman–Crippen LogP) is 0.697. The zero-order chi connectivity index (χ0) is 13.1. The van der Waals surface area contributed by atoms with Gasteiger partial charge in [0.25, 0.3) is 0 Å². The lowest BCUT2D eigenvalue weighted by Crippen LogP contribution is -2.40. The Kier molecular flexibility index (Phi) is 9.42. The van der Waals surface area contributed by atoms with E-state index in [2.05, 4.69) is 10.2 Å². The van der Waals surface area contributed by atoms with Crippen molar-refractivity contribution >= 4 is 0 Å². The molecule has 0 aromatic heterocycles. The van der Waals surface area contributed by atoms with Gasteiger partial charge in [-0.1, -0.05) is 0 Å². The molecule has 0 aliphatic carbocycles. The minimum absolute atomic E-state index is 0.0594. The van der Waals surface area contributed by atoms with Gasteiger partial charge in [-0.3, -0.25) is 4.90 Å². The van der Waals surface area contributed by atoms with Crippen LogP contribution in [-0.4, -0.2) is 70.3 Å². The summed E-state index contributed by atoms with van der Waals surface area (Å²) in [7, 11) is 0. The van der Waals surface area contributed by atoms with E-state index < -0.39 is 0 Å². The summed E-state index contributed by atoms with van der Waals surface area (Å²) in [4.78, 5) is 2.43. The van der Waals surface area contributed by atoms with Gasteiger partial charge in [-0.2, -0.15) is 0 Å². The molecule has 1 fully saturated rings. The van der Waals surface area contributed by atoms with E-state index in [1.165, 1.54) is 0 Å². The molecule has 0 aromatic rings. The van der Waals surface area contributed by atoms with E-state index in [1.807, 2.05) is 13.8 Å². The van der Waals surface area contributed by atoms with Crippen molar-refractivity contribution in [2.75, 3.05) is 59.2 Å². The van der Waals surface area contributed by atoms with E-state index in [4.69, 9.17) is 14.2 Å². The molecule has 1 aliphatic heterocycles. The molecule has 0 amide bonds. The molecule has 5 nitrogen and oxygen atoms in total. The van der Waals surface area contributed by atoms with Gasteiger partial charge >= 0.3 is 0 Å². The van der Waals surface area contributed by atoms with Gasteiger partial charge in [-0.15, -0.1) is 0 Å². The first-order valence-corrected chi connectivity index (χ1v) is 7.10. The molecule has 0 bridgehead atoms. The molecule has 1 saturated heterocycles. The monoisotopic (exact) mass is 260 g/mol. The number of hydrogen-bond acceptors (Lipinski definition) is 5. The van der Waals surface area contributed by atoms with Gasteiger partial charge in [0.15, 0.2) is 6.29 Å². The quantitative estimate of drug-likeness (QED) is 0.462. The fourth-order valence-electron chi connectivity index (χ4n) is 1.99. The number of nitrogens with zero attached hydrogens (tertiary/aromatic N) is 1. The van der Waals surface area contributed by atoms with Crippen molar-refractivity contribution in [3.63, 3.8) is 0 Å². The van der Waals surface area contributed by atoms with Crippen LogP contribution in [0.5, 0.6) is 0 Å². The van der Waals surface area contributed by atoms with Crippen LogP contribution in [0.2, 0.25) is 0 Å². The summed E-state index contributed by atoms with van der Waals surface area (Å²) in [6.45, 7) is 12.3. The molecule has 0 atom stereocenters. The summed E-state index contributed by atoms with van der Waals surface area (Å²) < 4.78 is 16.3. The maximum absolute atomic E-state index is 5.49. The van der Waals surface area contributed by atoms with Gasteiger partial charge < -0.3 is 19.5 Å². The van der Waals surface area contributed by atoms with Crippen molar-refractivity contribution in [1.82, 2.24) is 10.2 Å². The van der Waals surface area contributed by atoms with Crippen LogP contribution in [0.1, 0.15) is 20.3 Å². The van der Waals surface area contributed by atoms with Gasteiger partial charge in [0.2, 0.25) is 0 Å². The third-order valence-corrected chi connectivity index (χ3v) is 2.97. The minimum Gasteiger partial charge on any atom is -0.379 e. The fraction of sp³-hybridized carbons (Fsp3) is 1.00. The molecular weight excluding hydrogens is 232 g/mol. The van der Waals surface area contributed by atoms with Crippen molar-refractivity contribution in [1.29, 1.82) is 0 Å². The summed E-state index contributed by atoms with van der Waals surface area (Å²) in [5, 5.41) is 3.44. The summed E-state index contributed by atoms with van der Waals surface area (Å²) in [6.07, 6.45) is 0.848. The van der Waals surface area contributed by atoms with Crippen LogP contribution in [0.15, 0.2) is 0 Å². The Bertz CT molecular complexity index is 181. The third-order valence-electron chi connectivity index (χ3n) is 2.97. The third kappa shape index (κ3) is 7.28. The van der Waals surface area contributed by atoms with Crippen LogP contribution in [0.25, 0.3) is 0 Å². The highest BCUT2D eigenvalue weighted by atomic mass is 16.7. The Labute approximate surface area is 111 Å². The van der Waals surface area contributed by atoms with Crippen molar-refractivity contribution in [2.45, 2.75) is 26.6 Å². The molecule has 1 heterocycles. The van der Waals surface area contributed by atoms with Crippen LogP contribution in [-0.2, 0) is 14.2 Å². The number of morpholine rings is 1. The largest absolute Gasteiger partial charge is 0.379 e. The number of hydrogen-bond donors (Lipinski definition) is 1. The van der Waals surface area contributed by atoms with Crippen molar-refractivity contribution in [3.8, 4) is 0 Å². The summed E-state index contributed by atoms with van der Waals surface area (Å²) in [5.41, 5.74) is 0. The SMILES string of the molecule is CCOC(CCNCCN1CCOCC1)OCC. The normalized spacial score (nSPS) is 17.5. The Morgan fingerprint density at radius 1 is 1.11 bits per heavy atom. The van der Waals surface area contributed by atoms with Crippen molar-refractivity contribution in [3.05, 3.63) is 0 Å². The molecule has 0 unspecified atom stereocenters. The number of ether oxygens (including phenoxy) is 3. The first-order chi connectivity index (χ1) is 8.86. The summed E-state index contributed by atoms with van der Waals surface area (Å²) in [6, 6.07) is 0. The highest BCUT2D eigenvalue weighted by Crippen LogP contribution is 2.00. The average molecular weight is 260 g/mol. The molecule has 0 aromatic carbocycles. The predicted molar refractivity (Wildman–Crippen MR) is 71.8 cm³/mol. The molecule has 0 spiro atoms. The topological polar surface area (TPSA) is 43.0 Å². The zero-order valence-corrected chi connectivity index (χ0v) is 11.8. The maximum Gasteiger partial charge on any atom is 0.158 e. The smallest absolute Gasteiger partial charge is 0.158 e. The second kappa shape index (κ2) is 10.7. The van der Waals surface area contributed by atoms with Crippen LogP contribution in [0.3, 0.4) is 0 Å². The second-order valence-corrected chi connectivity index (χ2v) is 4.33. The van der Waals surface area contributed by atoms with E-state index >= 15 is 0 Å². The lowest BCUT2D eigenvalue weighted by atomic mass is 10.4. The van der Waals surface area contributed by atoms with Crippen LogP contribution in [0.4, 0.5) is 0 Å². The first-order valence-electron chi connectivity index (χ1n) is 7.10. The number of rotatable bonds is 10. The molecule has 5 heteroatoms. The zero-order valence-electron chi connectivity index (χ0n) is 11.8. The molecule has 1 rings (SSSR count). The van der Waals surface area contributed by atoms with Gasteiger partial charge in [0.1, 0.15) is 0 Å². The second-order valence-electron chi connectivity index (χ2n) is 4.33. The molecule has 108 valence electrons. The Hall–Kier alpha value is -0.200. The number of nitrogens with one attached hydrogen (secondary N) is 1. The van der Waals surface area contributed by atoms with Crippen LogP contribution in [0, 0.1) is 0 Å². The van der Waals surface area contributed by atoms with E-state index in [0.29, 0.717) is 13.2 Å². The fourth-order valence-corrected chi connectivity index (χ4v) is 1.99. The Morgan fingerprint density at radius 3 is 2.39 bits per heavy atom. The first kappa shape index (κ1) is 15.9. The van der Waals surface area contributed by atoms with E-state index in [1.54, 1.807) is 0 Å². The molecule has 0 radical (unpaired) electrons. The Balaban J connectivity index is 1.95. The Morgan fingerprint density at radius 2 is 1.78 bits per heavy atom. The molecule has 0 saturated carbocycles.